The number of thiol groups is 1. The second-order valence-electron chi connectivity index (χ2n) is 7.10. The van der Waals surface area contributed by atoms with Crippen LogP contribution in [-0.2, 0) is 11.3 Å². The van der Waals surface area contributed by atoms with Crippen LogP contribution in [0.15, 0.2) is 22.1 Å². The van der Waals surface area contributed by atoms with Gasteiger partial charge < -0.3 is 14.5 Å². The van der Waals surface area contributed by atoms with Crippen molar-refractivity contribution in [2.24, 2.45) is 5.11 Å². The monoisotopic (exact) mass is 363 g/mol. The van der Waals surface area contributed by atoms with E-state index in [-0.39, 0.29) is 6.09 Å². The molecule has 8 heteroatoms. The minimum Gasteiger partial charge on any atom is -0.444 e. The van der Waals surface area contributed by atoms with Crippen LogP contribution in [0, 0.1) is 6.92 Å². The number of carbonyl (C=O) groups excluding carboxylic acids is 1. The van der Waals surface area contributed by atoms with Crippen LogP contribution in [0.2, 0.25) is 0 Å². The van der Waals surface area contributed by atoms with E-state index in [1.165, 1.54) is 0 Å². The zero-order valence-electron chi connectivity index (χ0n) is 15.2. The lowest BCUT2D eigenvalue weighted by Gasteiger charge is -2.37. The minimum absolute atomic E-state index is 0.268. The maximum atomic E-state index is 12.2. The summed E-state index contributed by atoms with van der Waals surface area (Å²) in [5.41, 5.74) is 11.1. The van der Waals surface area contributed by atoms with E-state index in [1.807, 2.05) is 39.8 Å². The molecule has 1 saturated heterocycles. The molecule has 0 spiro atoms. The van der Waals surface area contributed by atoms with E-state index in [0.717, 1.165) is 34.8 Å². The summed E-state index contributed by atoms with van der Waals surface area (Å²) in [6.07, 6.45) is -0.268. The highest BCUT2D eigenvalue weighted by Crippen LogP contribution is 2.29. The van der Waals surface area contributed by atoms with E-state index in [0.29, 0.717) is 19.6 Å². The molecule has 1 fully saturated rings. The standard InChI is InChI=1S/C17H25N5O2S/c1-12-14(9-13(10-15(12)25)11-19-20-18)21-5-7-22(8-6-21)16(23)24-17(2,3)4/h9-10,25H,5-8,11H2,1-4H3. The largest absolute Gasteiger partial charge is 0.444 e. The molecule has 0 aliphatic carbocycles. The normalized spacial score (nSPS) is 14.9. The summed E-state index contributed by atoms with van der Waals surface area (Å²) in [5.74, 6) is 0. The third-order valence-corrected chi connectivity index (χ3v) is 4.47. The minimum atomic E-state index is -0.485. The van der Waals surface area contributed by atoms with Crippen LogP contribution in [0.1, 0.15) is 31.9 Å². The molecule has 0 radical (unpaired) electrons. The van der Waals surface area contributed by atoms with Gasteiger partial charge in [-0.1, -0.05) is 5.11 Å². The van der Waals surface area contributed by atoms with Gasteiger partial charge in [0.05, 0.1) is 6.54 Å². The Bertz CT molecular complexity index is 687. The smallest absolute Gasteiger partial charge is 0.410 e. The lowest BCUT2D eigenvalue weighted by atomic mass is 10.1. The average molecular weight is 363 g/mol. The summed E-state index contributed by atoms with van der Waals surface area (Å²) in [6.45, 7) is 10.6. The molecule has 0 unspecified atom stereocenters. The number of hydrogen-bond donors (Lipinski definition) is 1. The molecule has 1 aliphatic heterocycles. The number of hydrogen-bond acceptors (Lipinski definition) is 5. The van der Waals surface area contributed by atoms with Crippen molar-refractivity contribution in [2.75, 3.05) is 31.1 Å². The summed E-state index contributed by atoms with van der Waals surface area (Å²) in [5, 5.41) is 3.63. The number of anilines is 1. The predicted molar refractivity (Wildman–Crippen MR) is 101 cm³/mol. The van der Waals surface area contributed by atoms with E-state index in [9.17, 15) is 4.79 Å². The second kappa shape index (κ2) is 7.89. The molecule has 2 rings (SSSR count). The topological polar surface area (TPSA) is 81.5 Å². The van der Waals surface area contributed by atoms with Crippen LogP contribution in [-0.4, -0.2) is 42.8 Å². The van der Waals surface area contributed by atoms with Crippen molar-refractivity contribution in [3.8, 4) is 0 Å². The van der Waals surface area contributed by atoms with Gasteiger partial charge in [-0.15, -0.1) is 12.6 Å². The van der Waals surface area contributed by atoms with Gasteiger partial charge in [0.2, 0.25) is 0 Å². The summed E-state index contributed by atoms with van der Waals surface area (Å²) < 4.78 is 5.43. The van der Waals surface area contributed by atoms with Gasteiger partial charge in [-0.2, -0.15) is 0 Å². The molecular weight excluding hydrogens is 338 g/mol. The third-order valence-electron chi connectivity index (χ3n) is 4.00. The van der Waals surface area contributed by atoms with Crippen molar-refractivity contribution in [2.45, 2.75) is 44.7 Å². The van der Waals surface area contributed by atoms with Crippen molar-refractivity contribution >= 4 is 24.4 Å². The quantitative estimate of drug-likeness (QED) is 0.379. The Hall–Kier alpha value is -2.05. The fourth-order valence-corrected chi connectivity index (χ4v) is 3.01. The van der Waals surface area contributed by atoms with E-state index in [4.69, 9.17) is 10.3 Å². The van der Waals surface area contributed by atoms with Crippen LogP contribution in [0.4, 0.5) is 10.5 Å². The SMILES string of the molecule is Cc1c(S)cc(CN=[N+]=[N-])cc1N1CCN(C(=O)OC(C)(C)C)CC1. The fourth-order valence-electron chi connectivity index (χ4n) is 2.73. The molecule has 7 nitrogen and oxygen atoms in total. The molecule has 1 aromatic carbocycles. The Morgan fingerprint density at radius 2 is 1.96 bits per heavy atom. The first-order chi connectivity index (χ1) is 11.7. The van der Waals surface area contributed by atoms with Crippen molar-refractivity contribution in [1.82, 2.24) is 4.90 Å². The maximum Gasteiger partial charge on any atom is 0.410 e. The lowest BCUT2D eigenvalue weighted by molar-refractivity contribution is 0.0240. The van der Waals surface area contributed by atoms with Gasteiger partial charge in [-0.3, -0.25) is 0 Å². The highest BCUT2D eigenvalue weighted by atomic mass is 32.1. The van der Waals surface area contributed by atoms with Gasteiger partial charge in [-0.05, 0) is 56.5 Å². The highest BCUT2D eigenvalue weighted by molar-refractivity contribution is 7.80. The molecule has 25 heavy (non-hydrogen) atoms. The first-order valence-corrected chi connectivity index (χ1v) is 8.72. The van der Waals surface area contributed by atoms with Crippen molar-refractivity contribution in [3.05, 3.63) is 33.7 Å². The van der Waals surface area contributed by atoms with Crippen LogP contribution >= 0.6 is 12.6 Å². The van der Waals surface area contributed by atoms with E-state index in [1.54, 1.807) is 4.90 Å². The number of rotatable bonds is 3. The Morgan fingerprint density at radius 1 is 1.32 bits per heavy atom. The molecule has 0 saturated carbocycles. The number of azide groups is 1. The summed E-state index contributed by atoms with van der Waals surface area (Å²) >= 11 is 4.53. The van der Waals surface area contributed by atoms with Gasteiger partial charge in [0.25, 0.3) is 0 Å². The first-order valence-electron chi connectivity index (χ1n) is 8.27. The first kappa shape index (κ1) is 19.3. The van der Waals surface area contributed by atoms with E-state index in [2.05, 4.69) is 27.6 Å². The molecule has 1 heterocycles. The third kappa shape index (κ3) is 5.21. The fraction of sp³-hybridized carbons (Fsp3) is 0.588. The lowest BCUT2D eigenvalue weighted by Crippen LogP contribution is -2.50. The predicted octanol–water partition coefficient (Wildman–Crippen LogP) is 4.15. The zero-order chi connectivity index (χ0) is 18.6. The molecule has 0 bridgehead atoms. The molecule has 1 aliphatic rings. The second-order valence-corrected chi connectivity index (χ2v) is 7.58. The molecular formula is C17H25N5O2S. The zero-order valence-corrected chi connectivity index (χ0v) is 16.1. The molecule has 136 valence electrons. The molecule has 1 amide bonds. The van der Waals surface area contributed by atoms with Crippen molar-refractivity contribution in [1.29, 1.82) is 0 Å². The van der Waals surface area contributed by atoms with E-state index < -0.39 is 5.60 Å². The van der Waals surface area contributed by atoms with Crippen LogP contribution in [0.25, 0.3) is 10.4 Å². The number of ether oxygens (including phenoxy) is 1. The van der Waals surface area contributed by atoms with Crippen molar-refractivity contribution < 1.29 is 9.53 Å². The van der Waals surface area contributed by atoms with Gasteiger partial charge in [0.1, 0.15) is 5.60 Å². The number of benzene rings is 1. The Balaban J connectivity index is 2.08. The van der Waals surface area contributed by atoms with Crippen LogP contribution in [0.5, 0.6) is 0 Å². The molecule has 0 atom stereocenters. The Morgan fingerprint density at radius 3 is 2.52 bits per heavy atom. The summed E-state index contributed by atoms with van der Waals surface area (Å²) in [4.78, 5) is 19.8. The van der Waals surface area contributed by atoms with Crippen LogP contribution in [0.3, 0.4) is 0 Å². The molecule has 0 aromatic heterocycles. The summed E-state index contributed by atoms with van der Waals surface area (Å²) in [7, 11) is 0. The van der Waals surface area contributed by atoms with Gasteiger partial charge in [0, 0.05) is 41.7 Å². The Labute approximate surface area is 154 Å². The number of amides is 1. The maximum absolute atomic E-state index is 12.2. The summed E-state index contributed by atoms with van der Waals surface area (Å²) in [6, 6.07) is 3.96. The number of nitrogens with zero attached hydrogens (tertiary/aromatic N) is 5. The van der Waals surface area contributed by atoms with Crippen molar-refractivity contribution in [3.63, 3.8) is 0 Å². The molecule has 0 N–H and O–H groups in total. The highest BCUT2D eigenvalue weighted by Gasteiger charge is 2.26. The van der Waals surface area contributed by atoms with Gasteiger partial charge in [0.15, 0.2) is 0 Å². The Kier molecular flexibility index (Phi) is 6.08. The van der Waals surface area contributed by atoms with E-state index >= 15 is 0 Å². The molecule has 1 aromatic rings. The number of carbonyl (C=O) groups is 1. The van der Waals surface area contributed by atoms with Gasteiger partial charge in [-0.25, -0.2) is 4.79 Å². The number of piperazine rings is 1. The van der Waals surface area contributed by atoms with Gasteiger partial charge >= 0.3 is 6.09 Å². The van der Waals surface area contributed by atoms with Crippen LogP contribution < -0.4 is 4.90 Å². The average Bonchev–Trinajstić information content (AvgIpc) is 2.54.